The number of hydrogen-bond acceptors (Lipinski definition) is 3. The SMILES string of the molecule is CCN1C(=O)C[C@@H](NCc2ccc(C)cc2)C1=O. The number of nitrogens with zero attached hydrogens (tertiary/aromatic N) is 1. The van der Waals surface area contributed by atoms with E-state index in [-0.39, 0.29) is 24.3 Å². The van der Waals surface area contributed by atoms with Crippen molar-refractivity contribution in [2.45, 2.75) is 32.9 Å². The zero-order chi connectivity index (χ0) is 13.1. The molecule has 2 rings (SSSR count). The van der Waals surface area contributed by atoms with Crippen molar-refractivity contribution >= 4 is 11.8 Å². The van der Waals surface area contributed by atoms with Crippen molar-refractivity contribution in [2.24, 2.45) is 0 Å². The van der Waals surface area contributed by atoms with Crippen molar-refractivity contribution in [1.82, 2.24) is 10.2 Å². The van der Waals surface area contributed by atoms with Crippen molar-refractivity contribution in [2.75, 3.05) is 6.54 Å². The Bertz CT molecular complexity index is 453. The maximum atomic E-state index is 11.9. The molecule has 0 spiro atoms. The number of likely N-dealkylation sites (N-methyl/N-ethyl adjacent to an activating group) is 1. The predicted molar refractivity (Wildman–Crippen MR) is 68.8 cm³/mol. The van der Waals surface area contributed by atoms with Gasteiger partial charge in [-0.3, -0.25) is 14.5 Å². The number of rotatable bonds is 4. The van der Waals surface area contributed by atoms with Crippen LogP contribution in [0.5, 0.6) is 0 Å². The van der Waals surface area contributed by atoms with Crippen molar-refractivity contribution in [3.05, 3.63) is 35.4 Å². The molecule has 1 heterocycles. The standard InChI is InChI=1S/C14H18N2O2/c1-3-16-13(17)8-12(14(16)18)15-9-11-6-4-10(2)5-7-11/h4-7,12,15H,3,8-9H2,1-2H3/t12-/m1/s1. The third-order valence-corrected chi connectivity index (χ3v) is 3.23. The van der Waals surface area contributed by atoms with Crippen molar-refractivity contribution < 1.29 is 9.59 Å². The van der Waals surface area contributed by atoms with Crippen LogP contribution < -0.4 is 5.32 Å². The maximum Gasteiger partial charge on any atom is 0.246 e. The summed E-state index contributed by atoms with van der Waals surface area (Å²) in [6.07, 6.45) is 0.276. The highest BCUT2D eigenvalue weighted by atomic mass is 16.2. The summed E-state index contributed by atoms with van der Waals surface area (Å²) in [5.74, 6) is -0.182. The Morgan fingerprint density at radius 3 is 2.50 bits per heavy atom. The Balaban J connectivity index is 1.93. The Labute approximate surface area is 107 Å². The van der Waals surface area contributed by atoms with E-state index in [1.165, 1.54) is 10.5 Å². The zero-order valence-corrected chi connectivity index (χ0v) is 10.8. The number of carbonyl (C=O) groups excluding carboxylic acids is 2. The van der Waals surface area contributed by atoms with E-state index in [0.717, 1.165) is 5.56 Å². The second-order valence-corrected chi connectivity index (χ2v) is 4.60. The van der Waals surface area contributed by atoms with Gasteiger partial charge in [0.05, 0.1) is 12.5 Å². The number of imide groups is 1. The summed E-state index contributed by atoms with van der Waals surface area (Å²) in [6, 6.07) is 7.77. The molecule has 1 N–H and O–H groups in total. The first kappa shape index (κ1) is 12.8. The molecular formula is C14H18N2O2. The van der Waals surface area contributed by atoms with E-state index >= 15 is 0 Å². The molecule has 0 saturated carbocycles. The summed E-state index contributed by atoms with van der Waals surface area (Å²) in [5, 5.41) is 3.15. The van der Waals surface area contributed by atoms with Crippen LogP contribution in [0.3, 0.4) is 0 Å². The van der Waals surface area contributed by atoms with Crippen LogP contribution in [-0.4, -0.2) is 29.3 Å². The van der Waals surface area contributed by atoms with E-state index < -0.39 is 0 Å². The molecule has 96 valence electrons. The Morgan fingerprint density at radius 1 is 1.28 bits per heavy atom. The van der Waals surface area contributed by atoms with E-state index in [0.29, 0.717) is 13.1 Å². The molecule has 2 amide bonds. The summed E-state index contributed by atoms with van der Waals surface area (Å²) in [5.41, 5.74) is 2.33. The molecule has 1 atom stereocenters. The minimum Gasteiger partial charge on any atom is -0.301 e. The van der Waals surface area contributed by atoms with Gasteiger partial charge in [0, 0.05) is 13.1 Å². The maximum absolute atomic E-state index is 11.9. The molecule has 0 bridgehead atoms. The smallest absolute Gasteiger partial charge is 0.246 e. The molecule has 1 fully saturated rings. The third kappa shape index (κ3) is 2.59. The predicted octanol–water partition coefficient (Wildman–Crippen LogP) is 1.23. The zero-order valence-electron chi connectivity index (χ0n) is 10.8. The Kier molecular flexibility index (Phi) is 3.77. The Hall–Kier alpha value is -1.68. The molecule has 0 radical (unpaired) electrons. The summed E-state index contributed by atoms with van der Waals surface area (Å²) in [7, 11) is 0. The molecule has 1 aromatic rings. The van der Waals surface area contributed by atoms with Gasteiger partial charge in [-0.2, -0.15) is 0 Å². The van der Waals surface area contributed by atoms with E-state index in [2.05, 4.69) is 5.32 Å². The summed E-state index contributed by atoms with van der Waals surface area (Å²) in [4.78, 5) is 24.7. The topological polar surface area (TPSA) is 49.4 Å². The number of aryl methyl sites for hydroxylation is 1. The number of hydrogen-bond donors (Lipinski definition) is 1. The van der Waals surface area contributed by atoms with Crippen LogP contribution in [0.2, 0.25) is 0 Å². The second kappa shape index (κ2) is 5.31. The van der Waals surface area contributed by atoms with Crippen molar-refractivity contribution in [1.29, 1.82) is 0 Å². The number of carbonyl (C=O) groups is 2. The van der Waals surface area contributed by atoms with Gasteiger partial charge < -0.3 is 5.32 Å². The fraction of sp³-hybridized carbons (Fsp3) is 0.429. The fourth-order valence-electron chi connectivity index (χ4n) is 2.12. The van der Waals surface area contributed by atoms with Gasteiger partial charge in [-0.05, 0) is 19.4 Å². The molecule has 0 aromatic heterocycles. The van der Waals surface area contributed by atoms with Crippen LogP contribution >= 0.6 is 0 Å². The van der Waals surface area contributed by atoms with E-state index in [4.69, 9.17) is 0 Å². The van der Waals surface area contributed by atoms with Crippen LogP contribution in [0.15, 0.2) is 24.3 Å². The average Bonchev–Trinajstić information content (AvgIpc) is 2.63. The molecule has 1 aliphatic rings. The third-order valence-electron chi connectivity index (χ3n) is 3.23. The fourth-order valence-corrected chi connectivity index (χ4v) is 2.12. The number of nitrogens with one attached hydrogen (secondary N) is 1. The molecule has 4 nitrogen and oxygen atoms in total. The number of amides is 2. The summed E-state index contributed by atoms with van der Waals surface area (Å²) >= 11 is 0. The monoisotopic (exact) mass is 246 g/mol. The van der Waals surface area contributed by atoms with Crippen molar-refractivity contribution in [3.63, 3.8) is 0 Å². The van der Waals surface area contributed by atoms with Gasteiger partial charge in [-0.15, -0.1) is 0 Å². The van der Waals surface area contributed by atoms with Gasteiger partial charge in [-0.25, -0.2) is 0 Å². The van der Waals surface area contributed by atoms with Crippen LogP contribution in [0, 0.1) is 6.92 Å². The molecule has 1 aromatic carbocycles. The van der Waals surface area contributed by atoms with E-state index in [1.54, 1.807) is 0 Å². The lowest BCUT2D eigenvalue weighted by Gasteiger charge is -2.13. The summed E-state index contributed by atoms with van der Waals surface area (Å²) in [6.45, 7) is 4.93. The highest BCUT2D eigenvalue weighted by Crippen LogP contribution is 2.13. The minimum absolute atomic E-state index is 0.0797. The van der Waals surface area contributed by atoms with Gasteiger partial charge in [-0.1, -0.05) is 29.8 Å². The van der Waals surface area contributed by atoms with E-state index in [1.807, 2.05) is 38.1 Å². The highest BCUT2D eigenvalue weighted by molar-refractivity contribution is 6.05. The van der Waals surface area contributed by atoms with Crippen LogP contribution in [-0.2, 0) is 16.1 Å². The van der Waals surface area contributed by atoms with Gasteiger partial charge in [0.25, 0.3) is 0 Å². The van der Waals surface area contributed by atoms with Crippen LogP contribution in [0.1, 0.15) is 24.5 Å². The van der Waals surface area contributed by atoms with Gasteiger partial charge in [0.1, 0.15) is 0 Å². The molecule has 1 aliphatic heterocycles. The normalized spacial score (nSPS) is 19.7. The average molecular weight is 246 g/mol. The first-order valence-electron chi connectivity index (χ1n) is 6.25. The summed E-state index contributed by atoms with van der Waals surface area (Å²) < 4.78 is 0. The quantitative estimate of drug-likeness (QED) is 0.813. The van der Waals surface area contributed by atoms with Crippen LogP contribution in [0.25, 0.3) is 0 Å². The lowest BCUT2D eigenvalue weighted by molar-refractivity contribution is -0.138. The number of benzene rings is 1. The molecule has 4 heteroatoms. The first-order valence-corrected chi connectivity index (χ1v) is 6.25. The molecule has 1 saturated heterocycles. The van der Waals surface area contributed by atoms with E-state index in [9.17, 15) is 9.59 Å². The molecule has 18 heavy (non-hydrogen) atoms. The minimum atomic E-state index is -0.362. The molecular weight excluding hydrogens is 228 g/mol. The lowest BCUT2D eigenvalue weighted by Crippen LogP contribution is -2.38. The van der Waals surface area contributed by atoms with Crippen LogP contribution in [0.4, 0.5) is 0 Å². The largest absolute Gasteiger partial charge is 0.301 e. The molecule has 0 unspecified atom stereocenters. The number of likely N-dealkylation sites (tertiary alicyclic amines) is 1. The second-order valence-electron chi connectivity index (χ2n) is 4.60. The highest BCUT2D eigenvalue weighted by Gasteiger charge is 2.36. The Morgan fingerprint density at radius 2 is 1.94 bits per heavy atom. The van der Waals surface area contributed by atoms with Gasteiger partial charge in [0.15, 0.2) is 0 Å². The molecule has 0 aliphatic carbocycles. The first-order chi connectivity index (χ1) is 8.61. The van der Waals surface area contributed by atoms with Gasteiger partial charge >= 0.3 is 0 Å². The lowest BCUT2D eigenvalue weighted by atomic mass is 10.1. The van der Waals surface area contributed by atoms with Crippen molar-refractivity contribution in [3.8, 4) is 0 Å². The van der Waals surface area contributed by atoms with Gasteiger partial charge in [0.2, 0.25) is 11.8 Å².